The summed E-state index contributed by atoms with van der Waals surface area (Å²) in [6.07, 6.45) is 2.02. The molecule has 2 aromatic rings. The maximum absolute atomic E-state index is 11.6. The second kappa shape index (κ2) is 7.30. The second-order valence-electron chi connectivity index (χ2n) is 6.09. The van der Waals surface area contributed by atoms with Crippen molar-refractivity contribution in [1.29, 1.82) is 0 Å². The molecule has 1 unspecified atom stereocenters. The number of rotatable bonds is 5. The van der Waals surface area contributed by atoms with Crippen LogP contribution in [0, 0.1) is 0 Å². The Kier molecular flexibility index (Phi) is 4.93. The van der Waals surface area contributed by atoms with Crippen LogP contribution >= 0.6 is 0 Å². The number of ether oxygens (including phenoxy) is 2. The Labute approximate surface area is 147 Å². The van der Waals surface area contributed by atoms with Crippen LogP contribution in [0.3, 0.4) is 0 Å². The summed E-state index contributed by atoms with van der Waals surface area (Å²) < 4.78 is 11.6. The van der Waals surface area contributed by atoms with Crippen molar-refractivity contribution < 1.29 is 14.3 Å². The highest BCUT2D eigenvalue weighted by molar-refractivity contribution is 5.87. The van der Waals surface area contributed by atoms with E-state index in [1.54, 1.807) is 0 Å². The molecule has 1 N–H and O–H groups in total. The summed E-state index contributed by atoms with van der Waals surface area (Å²) in [7, 11) is 4.00. The van der Waals surface area contributed by atoms with Crippen LogP contribution in [0.2, 0.25) is 0 Å². The number of carbonyl (C=O) groups is 1. The molecule has 0 saturated carbocycles. The molecule has 3 rings (SSSR count). The molecular formula is C20H22N2O3. The van der Waals surface area contributed by atoms with E-state index in [2.05, 4.69) is 11.9 Å². The van der Waals surface area contributed by atoms with E-state index in [4.69, 9.17) is 9.47 Å². The van der Waals surface area contributed by atoms with E-state index < -0.39 is 0 Å². The third-order valence-corrected chi connectivity index (χ3v) is 4.12. The van der Waals surface area contributed by atoms with Crippen molar-refractivity contribution in [2.45, 2.75) is 12.5 Å². The molecule has 1 atom stereocenters. The smallest absolute Gasteiger partial charge is 0.243 e. The van der Waals surface area contributed by atoms with Gasteiger partial charge in [-0.25, -0.2) is 0 Å². The molecule has 5 heteroatoms. The van der Waals surface area contributed by atoms with E-state index >= 15 is 0 Å². The Bertz CT molecular complexity index is 769. The molecule has 0 saturated heterocycles. The monoisotopic (exact) mass is 338 g/mol. The summed E-state index contributed by atoms with van der Waals surface area (Å²) in [5.41, 5.74) is 2.07. The maximum atomic E-state index is 11.6. The summed E-state index contributed by atoms with van der Waals surface area (Å²) >= 11 is 0. The molecular weight excluding hydrogens is 316 g/mol. The van der Waals surface area contributed by atoms with Crippen molar-refractivity contribution in [3.8, 4) is 17.2 Å². The van der Waals surface area contributed by atoms with Crippen molar-refractivity contribution in [3.63, 3.8) is 0 Å². The molecule has 0 fully saturated rings. The SMILES string of the molecule is C=CC(=O)NC1CCOc2cc(Oc3ccc(N(C)C)cc3)ccc21. The Morgan fingerprint density at radius 1 is 1.24 bits per heavy atom. The number of benzene rings is 2. The van der Waals surface area contributed by atoms with Gasteiger partial charge in [0.2, 0.25) is 5.91 Å². The van der Waals surface area contributed by atoms with E-state index in [1.807, 2.05) is 61.5 Å². The predicted octanol–water partition coefficient (Wildman–Crippen LogP) is 3.67. The van der Waals surface area contributed by atoms with E-state index in [9.17, 15) is 4.79 Å². The zero-order chi connectivity index (χ0) is 17.8. The lowest BCUT2D eigenvalue weighted by molar-refractivity contribution is -0.117. The van der Waals surface area contributed by atoms with Gasteiger partial charge in [0.05, 0.1) is 12.6 Å². The zero-order valence-electron chi connectivity index (χ0n) is 14.5. The van der Waals surface area contributed by atoms with Gasteiger partial charge in [-0.3, -0.25) is 4.79 Å². The first-order valence-electron chi connectivity index (χ1n) is 8.22. The maximum Gasteiger partial charge on any atom is 0.243 e. The van der Waals surface area contributed by atoms with Gasteiger partial charge in [0.25, 0.3) is 0 Å². The van der Waals surface area contributed by atoms with Gasteiger partial charge >= 0.3 is 0 Å². The van der Waals surface area contributed by atoms with E-state index in [0.29, 0.717) is 12.4 Å². The van der Waals surface area contributed by atoms with Crippen LogP contribution in [0.5, 0.6) is 17.2 Å². The van der Waals surface area contributed by atoms with Crippen molar-refractivity contribution in [2.75, 3.05) is 25.6 Å². The lowest BCUT2D eigenvalue weighted by Gasteiger charge is -2.26. The average molecular weight is 338 g/mol. The highest BCUT2D eigenvalue weighted by Crippen LogP contribution is 2.36. The Morgan fingerprint density at radius 2 is 1.96 bits per heavy atom. The molecule has 130 valence electrons. The molecule has 2 aromatic carbocycles. The van der Waals surface area contributed by atoms with Crippen LogP contribution in [-0.4, -0.2) is 26.6 Å². The number of hydrogen-bond donors (Lipinski definition) is 1. The zero-order valence-corrected chi connectivity index (χ0v) is 14.5. The van der Waals surface area contributed by atoms with Crippen molar-refractivity contribution in [1.82, 2.24) is 5.32 Å². The summed E-state index contributed by atoms with van der Waals surface area (Å²) in [6, 6.07) is 13.5. The van der Waals surface area contributed by atoms with Gasteiger partial charge < -0.3 is 19.7 Å². The Morgan fingerprint density at radius 3 is 2.64 bits per heavy atom. The van der Waals surface area contributed by atoms with Crippen LogP contribution in [0.1, 0.15) is 18.0 Å². The molecule has 1 amide bonds. The molecule has 0 aliphatic carbocycles. The predicted molar refractivity (Wildman–Crippen MR) is 98.5 cm³/mol. The van der Waals surface area contributed by atoms with Crippen LogP contribution in [0.4, 0.5) is 5.69 Å². The third-order valence-electron chi connectivity index (χ3n) is 4.12. The summed E-state index contributed by atoms with van der Waals surface area (Å²) in [6.45, 7) is 4.05. The highest BCUT2D eigenvalue weighted by atomic mass is 16.5. The third kappa shape index (κ3) is 3.94. The second-order valence-corrected chi connectivity index (χ2v) is 6.09. The minimum Gasteiger partial charge on any atom is -0.493 e. The average Bonchev–Trinajstić information content (AvgIpc) is 2.62. The van der Waals surface area contributed by atoms with E-state index in [1.165, 1.54) is 6.08 Å². The van der Waals surface area contributed by atoms with Crippen molar-refractivity contribution in [2.24, 2.45) is 0 Å². The molecule has 1 aliphatic rings. The minimum absolute atomic E-state index is 0.0670. The molecule has 1 heterocycles. The normalized spacial score (nSPS) is 15.5. The molecule has 0 radical (unpaired) electrons. The largest absolute Gasteiger partial charge is 0.493 e. The quantitative estimate of drug-likeness (QED) is 0.845. The van der Waals surface area contributed by atoms with Gasteiger partial charge in [0, 0.05) is 37.8 Å². The van der Waals surface area contributed by atoms with Crippen LogP contribution in [0.15, 0.2) is 55.1 Å². The number of nitrogens with zero attached hydrogens (tertiary/aromatic N) is 1. The van der Waals surface area contributed by atoms with Crippen LogP contribution < -0.4 is 19.7 Å². The lowest BCUT2D eigenvalue weighted by Crippen LogP contribution is -2.30. The van der Waals surface area contributed by atoms with Gasteiger partial charge in [-0.15, -0.1) is 0 Å². The number of nitrogens with one attached hydrogen (secondary N) is 1. The fourth-order valence-electron chi connectivity index (χ4n) is 2.76. The highest BCUT2D eigenvalue weighted by Gasteiger charge is 2.23. The fourth-order valence-corrected chi connectivity index (χ4v) is 2.76. The van der Waals surface area contributed by atoms with Crippen molar-refractivity contribution in [3.05, 3.63) is 60.7 Å². The molecule has 5 nitrogen and oxygen atoms in total. The first-order chi connectivity index (χ1) is 12.1. The number of amides is 1. The number of anilines is 1. The van der Waals surface area contributed by atoms with Gasteiger partial charge in [0.1, 0.15) is 17.2 Å². The van der Waals surface area contributed by atoms with E-state index in [-0.39, 0.29) is 11.9 Å². The Balaban J connectivity index is 1.76. The fraction of sp³-hybridized carbons (Fsp3) is 0.250. The van der Waals surface area contributed by atoms with Gasteiger partial charge in [0.15, 0.2) is 0 Å². The van der Waals surface area contributed by atoms with Crippen LogP contribution in [-0.2, 0) is 4.79 Å². The Hall–Kier alpha value is -2.95. The minimum atomic E-state index is -0.181. The van der Waals surface area contributed by atoms with Crippen molar-refractivity contribution >= 4 is 11.6 Å². The number of fused-ring (bicyclic) bond motifs is 1. The van der Waals surface area contributed by atoms with Gasteiger partial charge in [-0.05, 0) is 42.5 Å². The summed E-state index contributed by atoms with van der Waals surface area (Å²) in [5, 5.41) is 2.93. The number of hydrogen-bond acceptors (Lipinski definition) is 4. The summed E-state index contributed by atoms with van der Waals surface area (Å²) in [4.78, 5) is 13.6. The standard InChI is InChI=1S/C20H22N2O3/c1-4-20(23)21-18-11-12-24-19-13-16(9-10-17(18)19)25-15-7-5-14(6-8-15)22(2)3/h4-10,13,18H,1,11-12H2,2-3H3,(H,21,23). The first-order valence-corrected chi connectivity index (χ1v) is 8.22. The molecule has 0 aromatic heterocycles. The van der Waals surface area contributed by atoms with Crippen LogP contribution in [0.25, 0.3) is 0 Å². The van der Waals surface area contributed by atoms with E-state index in [0.717, 1.165) is 29.2 Å². The molecule has 1 aliphatic heterocycles. The molecule has 0 bridgehead atoms. The summed E-state index contributed by atoms with van der Waals surface area (Å²) in [5.74, 6) is 2.02. The molecule has 0 spiro atoms. The van der Waals surface area contributed by atoms with Gasteiger partial charge in [-0.1, -0.05) is 6.58 Å². The molecule has 25 heavy (non-hydrogen) atoms. The first kappa shape index (κ1) is 16.9. The topological polar surface area (TPSA) is 50.8 Å². The van der Waals surface area contributed by atoms with Gasteiger partial charge in [-0.2, -0.15) is 0 Å². The lowest BCUT2D eigenvalue weighted by atomic mass is 10.0. The number of carbonyl (C=O) groups excluding carboxylic acids is 1.